The van der Waals surface area contributed by atoms with Crippen LogP contribution in [0.2, 0.25) is 0 Å². The molecule has 2 aromatic carbocycles. The summed E-state index contributed by atoms with van der Waals surface area (Å²) in [5, 5.41) is 6.66. The average molecular weight is 462 g/mol. The molecule has 0 spiro atoms. The zero-order chi connectivity index (χ0) is 23.9. The van der Waals surface area contributed by atoms with Crippen molar-refractivity contribution >= 4 is 23.2 Å². The van der Waals surface area contributed by atoms with Gasteiger partial charge in [-0.2, -0.15) is 0 Å². The smallest absolute Gasteiger partial charge is 0.245 e. The SMILES string of the molecule is CC[C@@H](C)C(=O)N[C@H](C(=O)N1CCC[C@H]1c1cccc(Nc2ccccc2)c1)C1CCCCC1. The molecule has 0 aromatic heterocycles. The van der Waals surface area contributed by atoms with Gasteiger partial charge in [-0.3, -0.25) is 9.59 Å². The summed E-state index contributed by atoms with van der Waals surface area (Å²) in [6.45, 7) is 4.72. The predicted octanol–water partition coefficient (Wildman–Crippen LogP) is 6.20. The highest BCUT2D eigenvalue weighted by Crippen LogP contribution is 2.36. The normalized spacial score (nSPS) is 20.5. The summed E-state index contributed by atoms with van der Waals surface area (Å²) in [5.41, 5.74) is 3.23. The monoisotopic (exact) mass is 461 g/mol. The van der Waals surface area contributed by atoms with E-state index in [0.29, 0.717) is 0 Å². The van der Waals surface area contributed by atoms with E-state index >= 15 is 0 Å². The van der Waals surface area contributed by atoms with Crippen LogP contribution >= 0.6 is 0 Å². The topological polar surface area (TPSA) is 61.4 Å². The Balaban J connectivity index is 1.53. The van der Waals surface area contributed by atoms with Crippen LogP contribution < -0.4 is 10.6 Å². The number of hydrogen-bond acceptors (Lipinski definition) is 3. The first kappa shape index (κ1) is 24.3. The molecule has 2 N–H and O–H groups in total. The van der Waals surface area contributed by atoms with E-state index in [-0.39, 0.29) is 29.7 Å². The quantitative estimate of drug-likeness (QED) is 0.492. The molecule has 1 saturated heterocycles. The van der Waals surface area contributed by atoms with Gasteiger partial charge < -0.3 is 15.5 Å². The molecule has 0 bridgehead atoms. The Morgan fingerprint density at radius 2 is 1.68 bits per heavy atom. The Hall–Kier alpha value is -2.82. The van der Waals surface area contributed by atoms with Crippen LogP contribution in [-0.2, 0) is 9.59 Å². The summed E-state index contributed by atoms with van der Waals surface area (Å²) in [6, 6.07) is 18.2. The van der Waals surface area contributed by atoms with Crippen LogP contribution in [0, 0.1) is 11.8 Å². The van der Waals surface area contributed by atoms with E-state index in [1.54, 1.807) is 0 Å². The van der Waals surface area contributed by atoms with Crippen molar-refractivity contribution in [3.8, 4) is 0 Å². The van der Waals surface area contributed by atoms with Gasteiger partial charge in [-0.1, -0.05) is 63.4 Å². The lowest BCUT2D eigenvalue weighted by atomic mass is 9.83. The number of likely N-dealkylation sites (tertiary alicyclic amines) is 1. The number of benzene rings is 2. The van der Waals surface area contributed by atoms with Gasteiger partial charge in [0.05, 0.1) is 6.04 Å². The van der Waals surface area contributed by atoms with Gasteiger partial charge in [-0.25, -0.2) is 0 Å². The molecule has 1 aliphatic carbocycles. The van der Waals surface area contributed by atoms with Gasteiger partial charge >= 0.3 is 0 Å². The minimum absolute atomic E-state index is 0.0104. The first-order valence-corrected chi connectivity index (χ1v) is 13.1. The van der Waals surface area contributed by atoms with Crippen LogP contribution in [0.4, 0.5) is 11.4 Å². The number of nitrogens with one attached hydrogen (secondary N) is 2. The van der Waals surface area contributed by atoms with Crippen molar-refractivity contribution in [3.63, 3.8) is 0 Å². The van der Waals surface area contributed by atoms with Crippen molar-refractivity contribution in [1.29, 1.82) is 0 Å². The van der Waals surface area contributed by atoms with E-state index < -0.39 is 6.04 Å². The fraction of sp³-hybridized carbons (Fsp3) is 0.517. The maximum Gasteiger partial charge on any atom is 0.245 e. The van der Waals surface area contributed by atoms with Crippen LogP contribution in [0.25, 0.3) is 0 Å². The van der Waals surface area contributed by atoms with E-state index in [0.717, 1.165) is 68.4 Å². The van der Waals surface area contributed by atoms with E-state index in [9.17, 15) is 9.59 Å². The highest BCUT2D eigenvalue weighted by molar-refractivity contribution is 5.89. The summed E-state index contributed by atoms with van der Waals surface area (Å²) in [5.74, 6) is 0.277. The molecule has 2 amide bonds. The molecular weight excluding hydrogens is 422 g/mol. The lowest BCUT2D eigenvalue weighted by molar-refractivity contribution is -0.140. The molecule has 2 aromatic rings. The van der Waals surface area contributed by atoms with Crippen LogP contribution in [0.1, 0.15) is 76.8 Å². The number of hydrogen-bond donors (Lipinski definition) is 2. The minimum atomic E-state index is -0.409. The highest BCUT2D eigenvalue weighted by Gasteiger charge is 2.39. The summed E-state index contributed by atoms with van der Waals surface area (Å²) in [6.07, 6.45) is 8.28. The third-order valence-electron chi connectivity index (χ3n) is 7.61. The first-order chi connectivity index (χ1) is 16.6. The van der Waals surface area contributed by atoms with Crippen molar-refractivity contribution in [2.75, 3.05) is 11.9 Å². The van der Waals surface area contributed by atoms with Gasteiger partial charge in [0.15, 0.2) is 0 Å². The zero-order valence-electron chi connectivity index (χ0n) is 20.6. The minimum Gasteiger partial charge on any atom is -0.356 e. The largest absolute Gasteiger partial charge is 0.356 e. The highest BCUT2D eigenvalue weighted by atomic mass is 16.2. The fourth-order valence-electron chi connectivity index (χ4n) is 5.40. The molecule has 1 aliphatic heterocycles. The van der Waals surface area contributed by atoms with E-state index in [2.05, 4.69) is 34.9 Å². The average Bonchev–Trinajstić information content (AvgIpc) is 3.38. The Labute approximate surface area is 204 Å². The third-order valence-corrected chi connectivity index (χ3v) is 7.61. The molecule has 5 heteroatoms. The Kier molecular flexibility index (Phi) is 8.25. The molecule has 4 rings (SSSR count). The molecule has 0 radical (unpaired) electrons. The lowest BCUT2D eigenvalue weighted by Crippen LogP contribution is -2.53. The molecular formula is C29H39N3O2. The van der Waals surface area contributed by atoms with Crippen LogP contribution in [0.15, 0.2) is 54.6 Å². The summed E-state index contributed by atoms with van der Waals surface area (Å²) < 4.78 is 0. The number of amides is 2. The van der Waals surface area contributed by atoms with Gasteiger partial charge in [0.2, 0.25) is 11.8 Å². The molecule has 3 atom stereocenters. The molecule has 34 heavy (non-hydrogen) atoms. The van der Waals surface area contributed by atoms with Gasteiger partial charge in [0.1, 0.15) is 6.04 Å². The second-order valence-corrected chi connectivity index (χ2v) is 10.00. The van der Waals surface area contributed by atoms with Crippen molar-refractivity contribution in [2.45, 2.75) is 77.3 Å². The number of anilines is 2. The lowest BCUT2D eigenvalue weighted by Gasteiger charge is -2.35. The molecule has 1 heterocycles. The number of rotatable bonds is 8. The Morgan fingerprint density at radius 3 is 2.41 bits per heavy atom. The van der Waals surface area contributed by atoms with Crippen LogP contribution in [0.3, 0.4) is 0 Å². The second-order valence-electron chi connectivity index (χ2n) is 10.00. The summed E-state index contributed by atoms with van der Waals surface area (Å²) >= 11 is 0. The standard InChI is InChI=1S/C29H39N3O2/c1-3-21(2)28(33)31-27(22-12-6-4-7-13-22)29(34)32-19-11-18-26(32)23-14-10-17-25(20-23)30-24-15-8-5-9-16-24/h5,8-10,14-17,20-22,26-27,30H,3-4,6-7,11-13,18-19H2,1-2H3,(H,31,33)/t21-,26+,27+/m1/s1. The maximum atomic E-state index is 13.9. The van der Waals surface area contributed by atoms with Gasteiger partial charge in [-0.15, -0.1) is 0 Å². The van der Waals surface area contributed by atoms with E-state index in [4.69, 9.17) is 0 Å². The molecule has 0 unspecified atom stereocenters. The van der Waals surface area contributed by atoms with E-state index in [1.807, 2.05) is 49.1 Å². The van der Waals surface area contributed by atoms with Crippen molar-refractivity contribution < 1.29 is 9.59 Å². The van der Waals surface area contributed by atoms with Gasteiger partial charge in [-0.05, 0) is 67.9 Å². The molecule has 2 aliphatic rings. The number of carbonyl (C=O) groups is 2. The van der Waals surface area contributed by atoms with Crippen molar-refractivity contribution in [2.24, 2.45) is 11.8 Å². The second kappa shape index (κ2) is 11.5. The van der Waals surface area contributed by atoms with Crippen molar-refractivity contribution in [3.05, 3.63) is 60.2 Å². The number of carbonyl (C=O) groups excluding carboxylic acids is 2. The predicted molar refractivity (Wildman–Crippen MR) is 138 cm³/mol. The van der Waals surface area contributed by atoms with Crippen LogP contribution in [0.5, 0.6) is 0 Å². The van der Waals surface area contributed by atoms with Crippen LogP contribution in [-0.4, -0.2) is 29.3 Å². The zero-order valence-corrected chi connectivity index (χ0v) is 20.6. The third kappa shape index (κ3) is 5.81. The number of nitrogens with zero attached hydrogens (tertiary/aromatic N) is 1. The van der Waals surface area contributed by atoms with E-state index in [1.165, 1.54) is 6.42 Å². The first-order valence-electron chi connectivity index (χ1n) is 13.1. The Bertz CT molecular complexity index is 955. The molecule has 2 fully saturated rings. The number of para-hydroxylation sites is 1. The van der Waals surface area contributed by atoms with Gasteiger partial charge in [0.25, 0.3) is 0 Å². The van der Waals surface area contributed by atoms with Crippen molar-refractivity contribution in [1.82, 2.24) is 10.2 Å². The molecule has 5 nitrogen and oxygen atoms in total. The summed E-state index contributed by atoms with van der Waals surface area (Å²) in [4.78, 5) is 28.8. The molecule has 1 saturated carbocycles. The summed E-state index contributed by atoms with van der Waals surface area (Å²) in [7, 11) is 0. The Morgan fingerprint density at radius 1 is 0.941 bits per heavy atom. The fourth-order valence-corrected chi connectivity index (χ4v) is 5.40. The van der Waals surface area contributed by atoms with Gasteiger partial charge in [0, 0.05) is 23.8 Å². The maximum absolute atomic E-state index is 13.9. The molecule has 182 valence electrons.